The molecule has 0 heterocycles. The minimum atomic E-state index is -0.933. The predicted octanol–water partition coefficient (Wildman–Crippen LogP) is 5.14. The van der Waals surface area contributed by atoms with Crippen molar-refractivity contribution in [1.82, 2.24) is 0 Å². The van der Waals surface area contributed by atoms with Crippen LogP contribution < -0.4 is 0 Å². The normalized spacial score (nSPS) is 12.9. The first-order valence-corrected chi connectivity index (χ1v) is 8.77. The van der Waals surface area contributed by atoms with Crippen LogP contribution in [0.3, 0.4) is 0 Å². The van der Waals surface area contributed by atoms with Gasteiger partial charge in [0.1, 0.15) is 0 Å². The van der Waals surface area contributed by atoms with Crippen LogP contribution in [0.1, 0.15) is 77.6 Å². The van der Waals surface area contributed by atoms with Gasteiger partial charge in [-0.05, 0) is 25.7 Å². The molecule has 0 aliphatic rings. The molecule has 0 amide bonds. The largest absolute Gasteiger partial charge is 0.478 e. The predicted molar refractivity (Wildman–Crippen MR) is 93.2 cm³/mol. The Balaban J connectivity index is 3.55. The number of unbranched alkanes of at least 4 members (excludes halogenated alkanes) is 7. The average molecular weight is 325 g/mol. The lowest BCUT2D eigenvalue weighted by molar-refractivity contribution is -0.524. The second-order valence-electron chi connectivity index (χ2n) is 5.91. The summed E-state index contributed by atoms with van der Waals surface area (Å²) in [5.41, 5.74) is 0. The molecule has 0 spiro atoms. The molecule has 0 aromatic carbocycles. The smallest absolute Gasteiger partial charge is 0.328 e. The van der Waals surface area contributed by atoms with Crippen LogP contribution in [0.2, 0.25) is 0 Å². The van der Waals surface area contributed by atoms with Crippen molar-refractivity contribution in [1.29, 1.82) is 0 Å². The zero-order chi connectivity index (χ0) is 17.3. The van der Waals surface area contributed by atoms with Gasteiger partial charge in [0.15, 0.2) is 0 Å². The lowest BCUT2D eigenvalue weighted by Gasteiger charge is -2.09. The molecule has 1 unspecified atom stereocenters. The number of nitro groups is 1. The molecular formula is C18H31NO4. The van der Waals surface area contributed by atoms with Gasteiger partial charge < -0.3 is 5.11 Å². The van der Waals surface area contributed by atoms with E-state index < -0.39 is 5.97 Å². The third-order valence-electron chi connectivity index (χ3n) is 3.83. The quantitative estimate of drug-likeness (QED) is 0.149. The van der Waals surface area contributed by atoms with Gasteiger partial charge >= 0.3 is 5.97 Å². The summed E-state index contributed by atoms with van der Waals surface area (Å²) < 4.78 is 0. The van der Waals surface area contributed by atoms with Crippen molar-refractivity contribution in [2.45, 2.75) is 83.6 Å². The summed E-state index contributed by atoms with van der Waals surface area (Å²) in [5, 5.41) is 19.4. The van der Waals surface area contributed by atoms with Crippen LogP contribution in [0.5, 0.6) is 0 Å². The van der Waals surface area contributed by atoms with Gasteiger partial charge in [0.2, 0.25) is 6.04 Å². The third-order valence-corrected chi connectivity index (χ3v) is 3.83. The number of carboxylic acids is 1. The number of carboxylic acid groups (broad SMARTS) is 1. The Morgan fingerprint density at radius 3 is 2.26 bits per heavy atom. The minimum absolute atomic E-state index is 0.106. The van der Waals surface area contributed by atoms with Crippen LogP contribution in [0.4, 0.5) is 0 Å². The monoisotopic (exact) mass is 325 g/mol. The standard InChI is InChI=1S/C18H31NO4/c1-2-3-11-14-17(19(22)23)15-12-9-7-5-4-6-8-10-13-16-18(20)21/h8,10,13,16-17H,2-7,9,11-12,14-15H2,1H3,(H,20,21). The van der Waals surface area contributed by atoms with E-state index in [1.807, 2.05) is 6.08 Å². The number of nitrogens with zero attached hydrogens (tertiary/aromatic N) is 1. The van der Waals surface area contributed by atoms with Crippen molar-refractivity contribution in [3.05, 3.63) is 34.4 Å². The van der Waals surface area contributed by atoms with Crippen molar-refractivity contribution in [2.75, 3.05) is 0 Å². The summed E-state index contributed by atoms with van der Waals surface area (Å²) in [6, 6.07) is -0.356. The topological polar surface area (TPSA) is 80.4 Å². The highest BCUT2D eigenvalue weighted by Gasteiger charge is 2.18. The Labute approximate surface area is 139 Å². The zero-order valence-corrected chi connectivity index (χ0v) is 14.3. The molecule has 132 valence electrons. The third kappa shape index (κ3) is 15.0. The van der Waals surface area contributed by atoms with Crippen LogP contribution >= 0.6 is 0 Å². The van der Waals surface area contributed by atoms with E-state index in [9.17, 15) is 14.9 Å². The molecule has 0 aliphatic carbocycles. The maximum atomic E-state index is 11.0. The molecule has 0 saturated carbocycles. The van der Waals surface area contributed by atoms with E-state index in [0.717, 1.165) is 70.3 Å². The Hall–Kier alpha value is -1.65. The highest BCUT2D eigenvalue weighted by molar-refractivity contribution is 5.80. The summed E-state index contributed by atoms with van der Waals surface area (Å²) in [5.74, 6) is -0.933. The summed E-state index contributed by atoms with van der Waals surface area (Å²) in [7, 11) is 0. The van der Waals surface area contributed by atoms with E-state index in [1.165, 1.54) is 6.08 Å². The highest BCUT2D eigenvalue weighted by atomic mass is 16.6. The van der Waals surface area contributed by atoms with E-state index in [1.54, 1.807) is 6.08 Å². The maximum Gasteiger partial charge on any atom is 0.328 e. The van der Waals surface area contributed by atoms with Gasteiger partial charge in [-0.25, -0.2) is 4.79 Å². The molecule has 0 radical (unpaired) electrons. The van der Waals surface area contributed by atoms with E-state index in [-0.39, 0.29) is 11.0 Å². The van der Waals surface area contributed by atoms with E-state index in [2.05, 4.69) is 6.92 Å². The molecule has 5 heteroatoms. The first-order chi connectivity index (χ1) is 11.1. The van der Waals surface area contributed by atoms with Gasteiger partial charge in [0.05, 0.1) is 0 Å². The molecule has 0 aliphatic heterocycles. The molecule has 1 atom stereocenters. The zero-order valence-electron chi connectivity index (χ0n) is 14.3. The fourth-order valence-electron chi connectivity index (χ4n) is 2.47. The summed E-state index contributed by atoms with van der Waals surface area (Å²) in [6.07, 6.45) is 17.2. The Kier molecular flexibility index (Phi) is 14.2. The van der Waals surface area contributed by atoms with E-state index >= 15 is 0 Å². The molecule has 0 aromatic rings. The number of carbonyl (C=O) groups is 1. The van der Waals surface area contributed by atoms with Gasteiger partial charge in [-0.3, -0.25) is 10.1 Å². The molecule has 0 saturated heterocycles. The van der Waals surface area contributed by atoms with Crippen molar-refractivity contribution in [3.8, 4) is 0 Å². The number of hydrogen-bond acceptors (Lipinski definition) is 3. The molecule has 1 N–H and O–H groups in total. The molecule has 0 fully saturated rings. The average Bonchev–Trinajstić information content (AvgIpc) is 2.50. The Morgan fingerprint density at radius 2 is 1.65 bits per heavy atom. The van der Waals surface area contributed by atoms with Crippen LogP contribution in [-0.4, -0.2) is 22.0 Å². The molecule has 0 rings (SSSR count). The maximum absolute atomic E-state index is 11.0. The van der Waals surface area contributed by atoms with E-state index in [4.69, 9.17) is 5.11 Å². The van der Waals surface area contributed by atoms with Crippen LogP contribution in [0.25, 0.3) is 0 Å². The summed E-state index contributed by atoms with van der Waals surface area (Å²) >= 11 is 0. The van der Waals surface area contributed by atoms with Crippen molar-refractivity contribution < 1.29 is 14.8 Å². The van der Waals surface area contributed by atoms with Crippen molar-refractivity contribution in [2.24, 2.45) is 0 Å². The Bertz CT molecular complexity index is 377. The first kappa shape index (κ1) is 21.4. The van der Waals surface area contributed by atoms with Gasteiger partial charge in [-0.15, -0.1) is 0 Å². The van der Waals surface area contributed by atoms with Crippen molar-refractivity contribution >= 4 is 5.97 Å². The highest BCUT2D eigenvalue weighted by Crippen LogP contribution is 2.15. The number of rotatable bonds is 15. The molecule has 5 nitrogen and oxygen atoms in total. The fourth-order valence-corrected chi connectivity index (χ4v) is 2.47. The van der Waals surface area contributed by atoms with Crippen LogP contribution in [0, 0.1) is 10.1 Å². The molecular weight excluding hydrogens is 294 g/mol. The lowest BCUT2D eigenvalue weighted by Crippen LogP contribution is -2.19. The second-order valence-corrected chi connectivity index (χ2v) is 5.91. The Morgan fingerprint density at radius 1 is 1.04 bits per heavy atom. The second kappa shape index (κ2) is 15.3. The van der Waals surface area contributed by atoms with Crippen LogP contribution in [0.15, 0.2) is 24.3 Å². The molecule has 0 aromatic heterocycles. The minimum Gasteiger partial charge on any atom is -0.478 e. The lowest BCUT2D eigenvalue weighted by atomic mass is 10.0. The SMILES string of the molecule is CCCCCC(CCCCCCCC=CC=CC(=O)O)[N+](=O)[O-]. The van der Waals surface area contributed by atoms with Crippen LogP contribution in [-0.2, 0) is 4.79 Å². The number of hydrogen-bond donors (Lipinski definition) is 1. The number of aliphatic carboxylic acids is 1. The number of allylic oxidation sites excluding steroid dienone is 3. The van der Waals surface area contributed by atoms with E-state index in [0.29, 0.717) is 6.42 Å². The fraction of sp³-hybridized carbons (Fsp3) is 0.722. The van der Waals surface area contributed by atoms with Gasteiger partial charge in [0.25, 0.3) is 0 Å². The first-order valence-electron chi connectivity index (χ1n) is 8.77. The summed E-state index contributed by atoms with van der Waals surface area (Å²) in [6.45, 7) is 2.11. The van der Waals surface area contributed by atoms with Gasteiger partial charge in [-0.2, -0.15) is 0 Å². The molecule has 0 bridgehead atoms. The molecule has 23 heavy (non-hydrogen) atoms. The summed E-state index contributed by atoms with van der Waals surface area (Å²) in [4.78, 5) is 21.1. The van der Waals surface area contributed by atoms with Crippen molar-refractivity contribution in [3.63, 3.8) is 0 Å². The van der Waals surface area contributed by atoms with Gasteiger partial charge in [0, 0.05) is 23.8 Å². The van der Waals surface area contributed by atoms with Gasteiger partial charge in [-0.1, -0.05) is 57.3 Å².